The van der Waals surface area contributed by atoms with Crippen molar-refractivity contribution in [1.82, 2.24) is 14.6 Å². The monoisotopic (exact) mass is 221 g/mol. The van der Waals surface area contributed by atoms with Crippen LogP contribution in [0, 0.1) is 0 Å². The molecule has 0 aromatic carbocycles. The minimum Gasteiger partial charge on any atom is -0.331 e. The van der Waals surface area contributed by atoms with Gasteiger partial charge < -0.3 is 4.57 Å². The minimum atomic E-state index is -0.535. The molecule has 0 amide bonds. The van der Waals surface area contributed by atoms with Gasteiger partial charge in [0.1, 0.15) is 5.69 Å². The molecule has 87 valence electrons. The molecule has 1 aromatic rings. The van der Waals surface area contributed by atoms with Crippen LogP contribution in [0.15, 0.2) is 17.5 Å². The van der Waals surface area contributed by atoms with Gasteiger partial charge in [0.05, 0.1) is 23.6 Å². The maximum atomic E-state index is 12.2. The van der Waals surface area contributed by atoms with Crippen molar-refractivity contribution in [2.75, 3.05) is 0 Å². The van der Waals surface area contributed by atoms with Crippen molar-refractivity contribution in [3.8, 4) is 0 Å². The van der Waals surface area contributed by atoms with Crippen LogP contribution in [0.5, 0.6) is 0 Å². The largest absolute Gasteiger partial charge is 0.331 e. The zero-order valence-corrected chi connectivity index (χ0v) is 10.4. The van der Waals surface area contributed by atoms with E-state index in [9.17, 15) is 5.21 Å². The third kappa shape index (κ3) is 1.28. The van der Waals surface area contributed by atoms with E-state index in [0.29, 0.717) is 5.84 Å². The second-order valence-corrected chi connectivity index (χ2v) is 5.24. The molecular weight excluding hydrogens is 204 g/mol. The lowest BCUT2D eigenvalue weighted by Crippen LogP contribution is -2.50. The smallest absolute Gasteiger partial charge is 0.177 e. The van der Waals surface area contributed by atoms with E-state index in [-0.39, 0.29) is 0 Å². The number of hydrogen-bond donors (Lipinski definition) is 0. The number of aryl methyl sites for hydroxylation is 1. The maximum Gasteiger partial charge on any atom is 0.177 e. The van der Waals surface area contributed by atoms with Crippen LogP contribution in [-0.2, 0) is 12.3 Å². The summed E-state index contributed by atoms with van der Waals surface area (Å²) in [5.74, 6) is 0.468. The molecule has 0 spiro atoms. The molecule has 5 heteroatoms. The molecule has 0 bridgehead atoms. The number of rotatable bonds is 1. The van der Waals surface area contributed by atoms with Crippen LogP contribution in [0.3, 0.4) is 0 Å². The summed E-state index contributed by atoms with van der Waals surface area (Å²) in [6.45, 7) is 7.77. The molecule has 2 heterocycles. The van der Waals surface area contributed by atoms with Gasteiger partial charge in [-0.05, 0) is 27.7 Å². The number of amidine groups is 1. The number of aromatic nitrogens is 2. The van der Waals surface area contributed by atoms with E-state index in [1.807, 2.05) is 34.7 Å². The Bertz CT molecular complexity index is 445. The summed E-state index contributed by atoms with van der Waals surface area (Å²) in [6.07, 6.45) is 3.34. The molecule has 0 saturated carbocycles. The van der Waals surface area contributed by atoms with E-state index < -0.39 is 11.1 Å². The first kappa shape index (κ1) is 11.1. The Morgan fingerprint density at radius 3 is 2.25 bits per heavy atom. The summed E-state index contributed by atoms with van der Waals surface area (Å²) in [5.41, 5.74) is -0.172. The first-order valence-electron chi connectivity index (χ1n) is 5.31. The van der Waals surface area contributed by atoms with E-state index in [4.69, 9.17) is 0 Å². The summed E-state index contributed by atoms with van der Waals surface area (Å²) in [6, 6.07) is 0. The number of imidazole rings is 1. The van der Waals surface area contributed by atoms with Gasteiger partial charge in [-0.2, -0.15) is 5.06 Å². The molecule has 1 radical (unpaired) electrons. The number of aliphatic imine (C=N–C) groups is 1. The van der Waals surface area contributed by atoms with Gasteiger partial charge in [0.15, 0.2) is 5.84 Å². The quantitative estimate of drug-likeness (QED) is 0.719. The van der Waals surface area contributed by atoms with Crippen molar-refractivity contribution in [2.24, 2.45) is 12.0 Å². The van der Waals surface area contributed by atoms with Crippen molar-refractivity contribution < 1.29 is 5.21 Å². The standard InChI is InChI=1S/C11H17N4O/c1-10(2)11(3,4)15(16)9(13-10)8-6-12-7-14(8)5/h6-7H,1-5H3. The molecule has 0 fully saturated rings. The van der Waals surface area contributed by atoms with Crippen molar-refractivity contribution in [3.63, 3.8) is 0 Å². The van der Waals surface area contributed by atoms with Gasteiger partial charge in [-0.1, -0.05) is 5.21 Å². The third-order valence-electron chi connectivity index (χ3n) is 3.63. The Morgan fingerprint density at radius 2 is 1.88 bits per heavy atom. The fourth-order valence-corrected chi connectivity index (χ4v) is 1.69. The van der Waals surface area contributed by atoms with E-state index in [0.717, 1.165) is 10.8 Å². The fraction of sp³-hybridized carbons (Fsp3) is 0.636. The highest BCUT2D eigenvalue weighted by atomic mass is 16.5. The Morgan fingerprint density at radius 1 is 1.25 bits per heavy atom. The Kier molecular flexibility index (Phi) is 2.14. The first-order valence-corrected chi connectivity index (χ1v) is 5.31. The van der Waals surface area contributed by atoms with Crippen molar-refractivity contribution in [2.45, 2.75) is 38.8 Å². The molecule has 1 aromatic heterocycles. The van der Waals surface area contributed by atoms with Crippen LogP contribution in [-0.4, -0.2) is 31.5 Å². The molecule has 0 unspecified atom stereocenters. The van der Waals surface area contributed by atoms with Crippen LogP contribution in [0.1, 0.15) is 33.4 Å². The second kappa shape index (κ2) is 3.07. The van der Waals surface area contributed by atoms with Crippen molar-refractivity contribution in [1.29, 1.82) is 0 Å². The zero-order valence-electron chi connectivity index (χ0n) is 10.4. The van der Waals surface area contributed by atoms with Crippen molar-refractivity contribution in [3.05, 3.63) is 18.2 Å². The van der Waals surface area contributed by atoms with E-state index in [1.54, 1.807) is 17.1 Å². The minimum absolute atomic E-state index is 0.394. The second-order valence-electron chi connectivity index (χ2n) is 5.24. The first-order chi connectivity index (χ1) is 7.27. The lowest BCUT2D eigenvalue weighted by atomic mass is 9.84. The Balaban J connectivity index is 2.50. The molecular formula is C11H17N4O. The fourth-order valence-electron chi connectivity index (χ4n) is 1.69. The van der Waals surface area contributed by atoms with E-state index in [1.165, 1.54) is 0 Å². The summed E-state index contributed by atoms with van der Waals surface area (Å²) in [5, 5.41) is 13.2. The molecule has 0 N–H and O–H groups in total. The van der Waals surface area contributed by atoms with Gasteiger partial charge in [0, 0.05) is 7.05 Å². The highest BCUT2D eigenvalue weighted by Crippen LogP contribution is 2.37. The van der Waals surface area contributed by atoms with Crippen LogP contribution >= 0.6 is 0 Å². The molecule has 16 heavy (non-hydrogen) atoms. The third-order valence-corrected chi connectivity index (χ3v) is 3.63. The predicted molar refractivity (Wildman–Crippen MR) is 60.4 cm³/mol. The molecule has 5 nitrogen and oxygen atoms in total. The summed E-state index contributed by atoms with van der Waals surface area (Å²) in [7, 11) is 1.86. The van der Waals surface area contributed by atoms with E-state index >= 15 is 0 Å². The maximum absolute atomic E-state index is 12.2. The molecule has 0 atom stereocenters. The highest BCUT2D eigenvalue weighted by molar-refractivity contribution is 5.98. The molecule has 1 aliphatic heterocycles. The van der Waals surface area contributed by atoms with Crippen LogP contribution < -0.4 is 0 Å². The van der Waals surface area contributed by atoms with Crippen LogP contribution in [0.2, 0.25) is 0 Å². The number of hydrogen-bond acceptors (Lipinski definition) is 3. The lowest BCUT2D eigenvalue weighted by molar-refractivity contribution is -0.158. The van der Waals surface area contributed by atoms with Gasteiger partial charge in [0.2, 0.25) is 0 Å². The van der Waals surface area contributed by atoms with E-state index in [2.05, 4.69) is 9.98 Å². The average molecular weight is 221 g/mol. The Labute approximate surface area is 95.4 Å². The molecule has 0 saturated heterocycles. The van der Waals surface area contributed by atoms with Gasteiger partial charge in [-0.15, -0.1) is 0 Å². The normalized spacial score (nSPS) is 22.4. The summed E-state index contributed by atoms with van der Waals surface area (Å²) < 4.78 is 1.81. The van der Waals surface area contributed by atoms with Crippen LogP contribution in [0.25, 0.3) is 0 Å². The van der Waals surface area contributed by atoms with Crippen LogP contribution in [0.4, 0.5) is 0 Å². The van der Waals surface area contributed by atoms with Gasteiger partial charge in [-0.25, -0.2) is 4.98 Å². The highest BCUT2D eigenvalue weighted by Gasteiger charge is 2.50. The topological polar surface area (TPSA) is 53.3 Å². The van der Waals surface area contributed by atoms with Gasteiger partial charge in [-0.3, -0.25) is 4.99 Å². The lowest BCUT2D eigenvalue weighted by Gasteiger charge is -2.35. The number of hydroxylamine groups is 2. The van der Waals surface area contributed by atoms with Gasteiger partial charge >= 0.3 is 0 Å². The number of nitrogens with zero attached hydrogens (tertiary/aromatic N) is 4. The molecule has 0 aliphatic carbocycles. The van der Waals surface area contributed by atoms with Crippen molar-refractivity contribution >= 4 is 5.84 Å². The summed E-state index contributed by atoms with van der Waals surface area (Å²) >= 11 is 0. The van der Waals surface area contributed by atoms with Gasteiger partial charge in [0.25, 0.3) is 0 Å². The molecule has 2 rings (SSSR count). The zero-order chi connectivity index (χ0) is 12.1. The summed E-state index contributed by atoms with van der Waals surface area (Å²) in [4.78, 5) is 8.54. The predicted octanol–water partition coefficient (Wildman–Crippen LogP) is 1.38. The molecule has 1 aliphatic rings. The average Bonchev–Trinajstić information content (AvgIpc) is 2.64. The SMILES string of the molecule is Cn1cncc1C1=NC(C)(C)C(C)(C)N1[O]. The Hall–Kier alpha value is -1.36.